The summed E-state index contributed by atoms with van der Waals surface area (Å²) in [5.41, 5.74) is 2.10. The lowest BCUT2D eigenvalue weighted by Crippen LogP contribution is -2.18. The summed E-state index contributed by atoms with van der Waals surface area (Å²) in [6.07, 6.45) is 1.71. The van der Waals surface area contributed by atoms with E-state index < -0.39 is 0 Å². The first-order valence-electron chi connectivity index (χ1n) is 5.51. The summed E-state index contributed by atoms with van der Waals surface area (Å²) >= 11 is 0. The zero-order valence-corrected chi connectivity index (χ0v) is 9.71. The lowest BCUT2D eigenvalue weighted by atomic mass is 10.2. The zero-order chi connectivity index (χ0) is 12.7. The minimum atomic E-state index is -0.254. The second-order valence-electron chi connectivity index (χ2n) is 4.17. The number of hydrogen-bond acceptors (Lipinski definition) is 3. The fourth-order valence-electron chi connectivity index (χ4n) is 2.09. The van der Waals surface area contributed by atoms with Crippen molar-refractivity contribution in [2.45, 2.75) is 6.92 Å². The van der Waals surface area contributed by atoms with Crippen molar-refractivity contribution in [3.8, 4) is 11.4 Å². The van der Waals surface area contributed by atoms with Gasteiger partial charge in [0.25, 0.3) is 5.56 Å². The number of H-pyrrole nitrogens is 1. The van der Waals surface area contributed by atoms with Gasteiger partial charge in [-0.15, -0.1) is 0 Å². The molecule has 0 bridgehead atoms. The first kappa shape index (κ1) is 10.6. The fraction of sp³-hybridized carbons (Fsp3) is 0.0769. The molecule has 0 aliphatic carbocycles. The van der Waals surface area contributed by atoms with Crippen LogP contribution in [0.15, 0.2) is 41.3 Å². The fourth-order valence-corrected chi connectivity index (χ4v) is 2.09. The van der Waals surface area contributed by atoms with Crippen LogP contribution in [-0.2, 0) is 0 Å². The number of nitrogens with zero attached hydrogens (tertiary/aromatic N) is 2. The molecule has 5 nitrogen and oxygen atoms in total. The molecule has 2 aromatic heterocycles. The van der Waals surface area contributed by atoms with Gasteiger partial charge in [0.2, 0.25) is 0 Å². The van der Waals surface area contributed by atoms with Crippen LogP contribution in [-0.4, -0.2) is 19.9 Å². The highest BCUT2D eigenvalue weighted by Gasteiger charge is 2.06. The number of aromatic hydroxyl groups is 1. The minimum absolute atomic E-state index is 0.0156. The molecule has 0 aliphatic rings. The summed E-state index contributed by atoms with van der Waals surface area (Å²) < 4.78 is 1.55. The summed E-state index contributed by atoms with van der Waals surface area (Å²) in [4.78, 5) is 11.9. The Morgan fingerprint density at radius 2 is 2.11 bits per heavy atom. The SMILES string of the molecule is Cc1cc(O)cc(=O)n1-c1ccc2[nH]ncc2c1. The van der Waals surface area contributed by atoms with Crippen molar-refractivity contribution in [1.82, 2.24) is 14.8 Å². The van der Waals surface area contributed by atoms with E-state index in [0.717, 1.165) is 16.6 Å². The maximum Gasteiger partial charge on any atom is 0.258 e. The normalized spacial score (nSPS) is 10.9. The molecule has 5 heteroatoms. The van der Waals surface area contributed by atoms with Crippen LogP contribution in [0.25, 0.3) is 16.6 Å². The Labute approximate surface area is 102 Å². The highest BCUT2D eigenvalue weighted by molar-refractivity contribution is 5.80. The van der Waals surface area contributed by atoms with Crippen molar-refractivity contribution in [1.29, 1.82) is 0 Å². The Morgan fingerprint density at radius 1 is 1.28 bits per heavy atom. The molecular formula is C13H11N3O2. The smallest absolute Gasteiger partial charge is 0.258 e. The minimum Gasteiger partial charge on any atom is -0.508 e. The lowest BCUT2D eigenvalue weighted by molar-refractivity contribution is 0.472. The highest BCUT2D eigenvalue weighted by Crippen LogP contribution is 2.17. The molecule has 90 valence electrons. The van der Waals surface area contributed by atoms with Crippen LogP contribution >= 0.6 is 0 Å². The third-order valence-corrected chi connectivity index (χ3v) is 2.88. The van der Waals surface area contributed by atoms with E-state index in [0.29, 0.717) is 5.69 Å². The molecule has 0 saturated carbocycles. The van der Waals surface area contributed by atoms with E-state index in [2.05, 4.69) is 10.2 Å². The van der Waals surface area contributed by atoms with Crippen LogP contribution in [0.1, 0.15) is 5.69 Å². The van der Waals surface area contributed by atoms with Crippen molar-refractivity contribution in [2.24, 2.45) is 0 Å². The Kier molecular flexibility index (Phi) is 2.19. The number of aryl methyl sites for hydroxylation is 1. The Bertz CT molecular complexity index is 786. The molecule has 0 amide bonds. The molecular weight excluding hydrogens is 230 g/mol. The summed E-state index contributed by atoms with van der Waals surface area (Å²) in [6.45, 7) is 1.78. The van der Waals surface area contributed by atoms with E-state index in [1.807, 2.05) is 18.2 Å². The van der Waals surface area contributed by atoms with E-state index in [9.17, 15) is 9.90 Å². The van der Waals surface area contributed by atoms with Gasteiger partial charge in [-0.2, -0.15) is 5.10 Å². The number of pyridine rings is 1. The first-order chi connectivity index (χ1) is 8.65. The number of aromatic nitrogens is 3. The van der Waals surface area contributed by atoms with Crippen LogP contribution in [0, 0.1) is 6.92 Å². The van der Waals surface area contributed by atoms with Gasteiger partial charge in [0.05, 0.1) is 11.7 Å². The number of benzene rings is 1. The Morgan fingerprint density at radius 3 is 2.89 bits per heavy atom. The molecule has 0 atom stereocenters. The van der Waals surface area contributed by atoms with Crippen molar-refractivity contribution < 1.29 is 5.11 Å². The molecule has 2 heterocycles. The summed E-state index contributed by atoms with van der Waals surface area (Å²) in [7, 11) is 0. The number of rotatable bonds is 1. The Balaban J connectivity index is 2.28. The molecule has 3 rings (SSSR count). The van der Waals surface area contributed by atoms with Gasteiger partial charge in [0.15, 0.2) is 0 Å². The van der Waals surface area contributed by atoms with Gasteiger partial charge in [0, 0.05) is 22.8 Å². The molecule has 0 saturated heterocycles. The highest BCUT2D eigenvalue weighted by atomic mass is 16.3. The molecule has 2 N–H and O–H groups in total. The lowest BCUT2D eigenvalue weighted by Gasteiger charge is -2.09. The predicted molar refractivity (Wildman–Crippen MR) is 68.1 cm³/mol. The van der Waals surface area contributed by atoms with Crippen molar-refractivity contribution >= 4 is 10.9 Å². The largest absolute Gasteiger partial charge is 0.508 e. The average molecular weight is 241 g/mol. The van der Waals surface area contributed by atoms with Gasteiger partial charge in [-0.3, -0.25) is 14.5 Å². The van der Waals surface area contributed by atoms with Gasteiger partial charge in [-0.05, 0) is 31.2 Å². The van der Waals surface area contributed by atoms with E-state index in [1.165, 1.54) is 6.07 Å². The predicted octanol–water partition coefficient (Wildman–Crippen LogP) is 1.73. The third-order valence-electron chi connectivity index (χ3n) is 2.88. The van der Waals surface area contributed by atoms with E-state index in [1.54, 1.807) is 23.8 Å². The molecule has 0 radical (unpaired) electrons. The maximum absolute atomic E-state index is 11.9. The van der Waals surface area contributed by atoms with Crippen molar-refractivity contribution in [2.75, 3.05) is 0 Å². The summed E-state index contributed by atoms with van der Waals surface area (Å²) in [6, 6.07) is 8.35. The van der Waals surface area contributed by atoms with Gasteiger partial charge in [0.1, 0.15) is 5.75 Å². The Hall–Kier alpha value is -2.56. The van der Waals surface area contributed by atoms with E-state index >= 15 is 0 Å². The molecule has 0 unspecified atom stereocenters. The zero-order valence-electron chi connectivity index (χ0n) is 9.71. The van der Waals surface area contributed by atoms with Crippen LogP contribution < -0.4 is 5.56 Å². The molecule has 0 spiro atoms. The second-order valence-corrected chi connectivity index (χ2v) is 4.17. The van der Waals surface area contributed by atoms with Gasteiger partial charge >= 0.3 is 0 Å². The first-order valence-corrected chi connectivity index (χ1v) is 5.51. The van der Waals surface area contributed by atoms with Gasteiger partial charge < -0.3 is 5.11 Å². The number of nitrogens with one attached hydrogen (secondary N) is 1. The van der Waals surface area contributed by atoms with Crippen LogP contribution in [0.4, 0.5) is 0 Å². The maximum atomic E-state index is 11.9. The molecule has 0 fully saturated rings. The molecule has 3 aromatic rings. The number of aromatic amines is 1. The molecule has 1 aromatic carbocycles. The second kappa shape index (κ2) is 3.73. The number of fused-ring (bicyclic) bond motifs is 1. The van der Waals surface area contributed by atoms with Gasteiger partial charge in [-0.1, -0.05) is 0 Å². The van der Waals surface area contributed by atoms with E-state index in [4.69, 9.17) is 0 Å². The van der Waals surface area contributed by atoms with Crippen LogP contribution in [0.2, 0.25) is 0 Å². The van der Waals surface area contributed by atoms with E-state index in [-0.39, 0.29) is 11.3 Å². The third kappa shape index (κ3) is 1.57. The topological polar surface area (TPSA) is 70.9 Å². The summed E-state index contributed by atoms with van der Waals surface area (Å²) in [5.74, 6) is -0.0156. The van der Waals surface area contributed by atoms with Crippen molar-refractivity contribution in [3.63, 3.8) is 0 Å². The monoisotopic (exact) mass is 241 g/mol. The van der Waals surface area contributed by atoms with Gasteiger partial charge in [-0.25, -0.2) is 0 Å². The quantitative estimate of drug-likeness (QED) is 0.681. The standard InChI is InChI=1S/C13H11N3O2/c1-8-4-11(17)6-13(18)16(8)10-2-3-12-9(5-10)7-14-15-12/h2-7,17H,1H3,(H,14,15). The average Bonchev–Trinajstić information content (AvgIpc) is 2.74. The number of hydrogen-bond donors (Lipinski definition) is 2. The van der Waals surface area contributed by atoms with Crippen LogP contribution in [0.3, 0.4) is 0 Å². The van der Waals surface area contributed by atoms with Crippen molar-refractivity contribution in [3.05, 3.63) is 52.6 Å². The summed E-state index contributed by atoms with van der Waals surface area (Å²) in [5, 5.41) is 17.1. The van der Waals surface area contributed by atoms with Crippen LogP contribution in [0.5, 0.6) is 5.75 Å². The molecule has 18 heavy (non-hydrogen) atoms. The molecule has 0 aliphatic heterocycles.